The molecule has 0 spiro atoms. The first-order valence-electron chi connectivity index (χ1n) is 9.26. The van der Waals surface area contributed by atoms with Gasteiger partial charge in [-0.1, -0.05) is 54.6 Å². The second kappa shape index (κ2) is 7.98. The summed E-state index contributed by atoms with van der Waals surface area (Å²) in [5.74, 6) is -0.342. The van der Waals surface area contributed by atoms with E-state index in [9.17, 15) is 4.79 Å². The van der Waals surface area contributed by atoms with Crippen molar-refractivity contribution < 1.29 is 4.79 Å². The van der Waals surface area contributed by atoms with Gasteiger partial charge in [-0.3, -0.25) is 9.89 Å². The van der Waals surface area contributed by atoms with Crippen LogP contribution in [0.2, 0.25) is 0 Å². The summed E-state index contributed by atoms with van der Waals surface area (Å²) in [6.45, 7) is 0. The van der Waals surface area contributed by atoms with E-state index >= 15 is 0 Å². The van der Waals surface area contributed by atoms with Gasteiger partial charge in [-0.05, 0) is 34.5 Å². The van der Waals surface area contributed by atoms with E-state index in [0.29, 0.717) is 5.69 Å². The van der Waals surface area contributed by atoms with Crippen LogP contribution in [0.1, 0.15) is 16.1 Å². The van der Waals surface area contributed by atoms with Crippen molar-refractivity contribution in [1.82, 2.24) is 15.6 Å². The van der Waals surface area contributed by atoms with Crippen LogP contribution in [0.15, 0.2) is 77.9 Å². The predicted octanol–water partition coefficient (Wildman–Crippen LogP) is 4.06. The van der Waals surface area contributed by atoms with Crippen LogP contribution in [0.25, 0.3) is 22.0 Å². The third-order valence-corrected chi connectivity index (χ3v) is 4.68. The highest BCUT2D eigenvalue weighted by molar-refractivity contribution is 5.98. The summed E-state index contributed by atoms with van der Waals surface area (Å²) in [6.07, 6.45) is 1.61. The van der Waals surface area contributed by atoms with E-state index in [0.717, 1.165) is 33.3 Å². The Morgan fingerprint density at radius 2 is 1.79 bits per heavy atom. The maximum absolute atomic E-state index is 12.4. The lowest BCUT2D eigenvalue weighted by molar-refractivity contribution is 0.0950. The number of anilines is 1. The Kier molecular flexibility index (Phi) is 5.07. The number of aromatic nitrogens is 2. The minimum atomic E-state index is -0.342. The van der Waals surface area contributed by atoms with Gasteiger partial charge in [0.1, 0.15) is 5.69 Å². The Morgan fingerprint density at radius 3 is 2.59 bits per heavy atom. The van der Waals surface area contributed by atoms with Gasteiger partial charge in [-0.2, -0.15) is 10.2 Å². The molecule has 0 aliphatic rings. The lowest BCUT2D eigenvalue weighted by atomic mass is 10.0. The summed E-state index contributed by atoms with van der Waals surface area (Å²) in [6, 6.07) is 23.7. The molecule has 0 bridgehead atoms. The molecule has 0 atom stereocenters. The van der Waals surface area contributed by atoms with E-state index in [1.165, 1.54) is 0 Å². The van der Waals surface area contributed by atoms with Crippen molar-refractivity contribution in [2.45, 2.75) is 0 Å². The van der Waals surface area contributed by atoms with Crippen LogP contribution in [0, 0.1) is 0 Å². The monoisotopic (exact) mass is 383 g/mol. The quantitative estimate of drug-likeness (QED) is 0.403. The second-order valence-corrected chi connectivity index (χ2v) is 6.88. The molecule has 0 saturated carbocycles. The van der Waals surface area contributed by atoms with Gasteiger partial charge in [0.2, 0.25) is 0 Å². The van der Waals surface area contributed by atoms with Crippen molar-refractivity contribution in [1.29, 1.82) is 0 Å². The molecule has 0 saturated heterocycles. The molecule has 0 radical (unpaired) electrons. The molecular weight excluding hydrogens is 362 g/mol. The molecule has 4 rings (SSSR count). The zero-order valence-electron chi connectivity index (χ0n) is 16.3. The normalized spacial score (nSPS) is 11.1. The number of hydrogen-bond donors (Lipinski definition) is 2. The Balaban J connectivity index is 1.47. The maximum atomic E-state index is 12.4. The molecule has 0 unspecified atom stereocenters. The first kappa shape index (κ1) is 18.4. The average Bonchev–Trinajstić information content (AvgIpc) is 3.24. The molecular formula is C23H21N5O. The fourth-order valence-electron chi connectivity index (χ4n) is 3.11. The highest BCUT2D eigenvalue weighted by Gasteiger charge is 2.12. The van der Waals surface area contributed by atoms with Crippen molar-refractivity contribution >= 4 is 28.6 Å². The first-order chi connectivity index (χ1) is 14.1. The van der Waals surface area contributed by atoms with Crippen LogP contribution in [-0.2, 0) is 0 Å². The molecule has 2 N–H and O–H groups in total. The van der Waals surface area contributed by atoms with E-state index in [1.54, 1.807) is 12.3 Å². The molecule has 0 aliphatic heterocycles. The number of fused-ring (bicyclic) bond motifs is 1. The van der Waals surface area contributed by atoms with E-state index < -0.39 is 0 Å². The van der Waals surface area contributed by atoms with Crippen molar-refractivity contribution in [2.24, 2.45) is 5.10 Å². The van der Waals surface area contributed by atoms with Gasteiger partial charge in [0.15, 0.2) is 0 Å². The highest BCUT2D eigenvalue weighted by atomic mass is 16.2. The van der Waals surface area contributed by atoms with Crippen LogP contribution >= 0.6 is 0 Å². The number of nitrogens with zero attached hydrogens (tertiary/aromatic N) is 3. The average molecular weight is 383 g/mol. The Morgan fingerprint density at radius 1 is 1.03 bits per heavy atom. The molecule has 0 fully saturated rings. The summed E-state index contributed by atoms with van der Waals surface area (Å²) >= 11 is 0. The molecule has 6 heteroatoms. The highest BCUT2D eigenvalue weighted by Crippen LogP contribution is 2.27. The van der Waals surface area contributed by atoms with Crippen molar-refractivity contribution in [3.8, 4) is 11.3 Å². The molecule has 1 heterocycles. The standard InChI is InChI=1S/C23H21N5O/c1-28(2)18-12-10-16(11-13-18)15-24-27-23(29)22-14-21(25-26-22)20-9-5-7-17-6-3-4-8-19(17)20/h3-15H,1-2H3,(H,25,26)(H,27,29)/b24-15-. The van der Waals surface area contributed by atoms with Gasteiger partial charge in [0.25, 0.3) is 5.91 Å². The first-order valence-corrected chi connectivity index (χ1v) is 9.26. The molecule has 29 heavy (non-hydrogen) atoms. The molecule has 1 aromatic heterocycles. The van der Waals surface area contributed by atoms with E-state index in [2.05, 4.69) is 32.9 Å². The summed E-state index contributed by atoms with van der Waals surface area (Å²) in [7, 11) is 3.97. The van der Waals surface area contributed by atoms with Crippen LogP contribution in [0.4, 0.5) is 5.69 Å². The second-order valence-electron chi connectivity index (χ2n) is 6.88. The van der Waals surface area contributed by atoms with Crippen LogP contribution < -0.4 is 10.3 Å². The number of aromatic amines is 1. The van der Waals surface area contributed by atoms with E-state index in [-0.39, 0.29) is 5.91 Å². The van der Waals surface area contributed by atoms with Crippen molar-refractivity contribution in [3.63, 3.8) is 0 Å². The number of hydrazone groups is 1. The lowest BCUT2D eigenvalue weighted by Crippen LogP contribution is -2.18. The number of hydrogen-bond acceptors (Lipinski definition) is 4. The van der Waals surface area contributed by atoms with E-state index in [1.807, 2.05) is 73.6 Å². The van der Waals surface area contributed by atoms with Gasteiger partial charge in [0.05, 0.1) is 11.9 Å². The maximum Gasteiger partial charge on any atom is 0.289 e. The Hall–Kier alpha value is -3.93. The Bertz CT molecular complexity index is 1170. The number of carbonyl (C=O) groups is 1. The van der Waals surface area contributed by atoms with Gasteiger partial charge in [0, 0.05) is 25.3 Å². The van der Waals surface area contributed by atoms with E-state index in [4.69, 9.17) is 0 Å². The third kappa shape index (κ3) is 4.01. The number of amides is 1. The van der Waals surface area contributed by atoms with Crippen molar-refractivity contribution in [3.05, 3.63) is 84.1 Å². The number of H-pyrrole nitrogens is 1. The molecule has 0 aliphatic carbocycles. The zero-order chi connectivity index (χ0) is 20.2. The Labute approximate surface area is 168 Å². The smallest absolute Gasteiger partial charge is 0.289 e. The number of carbonyl (C=O) groups excluding carboxylic acids is 1. The SMILES string of the molecule is CN(C)c1ccc(/C=N\NC(=O)c2cc(-c3cccc4ccccc34)n[nH]2)cc1. The van der Waals surface area contributed by atoms with Crippen LogP contribution in [0.5, 0.6) is 0 Å². The number of rotatable bonds is 5. The summed E-state index contributed by atoms with van der Waals surface area (Å²) in [4.78, 5) is 14.4. The molecule has 144 valence electrons. The fourth-order valence-corrected chi connectivity index (χ4v) is 3.11. The van der Waals surface area contributed by atoms with Crippen LogP contribution in [0.3, 0.4) is 0 Å². The zero-order valence-corrected chi connectivity index (χ0v) is 16.3. The topological polar surface area (TPSA) is 73.4 Å². The number of nitrogens with one attached hydrogen (secondary N) is 2. The molecule has 6 nitrogen and oxygen atoms in total. The van der Waals surface area contributed by atoms with Gasteiger partial charge in [-0.15, -0.1) is 0 Å². The predicted molar refractivity (Wildman–Crippen MR) is 117 cm³/mol. The summed E-state index contributed by atoms with van der Waals surface area (Å²) < 4.78 is 0. The molecule has 4 aromatic rings. The molecule has 3 aromatic carbocycles. The van der Waals surface area contributed by atoms with Crippen LogP contribution in [-0.4, -0.2) is 36.4 Å². The van der Waals surface area contributed by atoms with Gasteiger partial charge >= 0.3 is 0 Å². The summed E-state index contributed by atoms with van der Waals surface area (Å²) in [5.41, 5.74) is 6.58. The van der Waals surface area contributed by atoms with Gasteiger partial charge < -0.3 is 4.90 Å². The number of benzene rings is 3. The fraction of sp³-hybridized carbons (Fsp3) is 0.0870. The minimum Gasteiger partial charge on any atom is -0.378 e. The lowest BCUT2D eigenvalue weighted by Gasteiger charge is -2.11. The largest absolute Gasteiger partial charge is 0.378 e. The van der Waals surface area contributed by atoms with Crippen molar-refractivity contribution in [2.75, 3.05) is 19.0 Å². The molecule has 1 amide bonds. The minimum absolute atomic E-state index is 0.342. The van der Waals surface area contributed by atoms with Gasteiger partial charge in [-0.25, -0.2) is 5.43 Å². The third-order valence-electron chi connectivity index (χ3n) is 4.68. The summed E-state index contributed by atoms with van der Waals surface area (Å²) in [5, 5.41) is 13.4.